The van der Waals surface area contributed by atoms with Gasteiger partial charge in [-0.1, -0.05) is 42.0 Å². The number of carbonyl (C=O) groups is 2. The monoisotopic (exact) mass is 357 g/mol. The van der Waals surface area contributed by atoms with Crippen LogP contribution >= 0.6 is 0 Å². The van der Waals surface area contributed by atoms with E-state index in [1.165, 1.54) is 16.4 Å². The highest BCUT2D eigenvalue weighted by Gasteiger charge is 2.18. The third kappa shape index (κ3) is 4.91. The molecule has 1 atom stereocenters. The number of aryl methyl sites for hydroxylation is 1. The number of amides is 2. The highest BCUT2D eigenvalue weighted by molar-refractivity contribution is 5.92. The summed E-state index contributed by atoms with van der Waals surface area (Å²) in [6.45, 7) is 9.27. The molecule has 0 spiro atoms. The lowest BCUT2D eigenvalue weighted by molar-refractivity contribution is -0.131. The Morgan fingerprint density at radius 1 is 1.15 bits per heavy atom. The molecule has 7 nitrogen and oxygen atoms in total. The van der Waals surface area contributed by atoms with Crippen LogP contribution in [0.5, 0.6) is 0 Å². The summed E-state index contributed by atoms with van der Waals surface area (Å²) in [5, 5.41) is 10.8. The first-order valence-electron chi connectivity index (χ1n) is 9.03. The Labute approximate surface area is 154 Å². The second-order valence-electron chi connectivity index (χ2n) is 6.21. The molecule has 2 aromatic rings. The number of aromatic nitrogens is 3. The summed E-state index contributed by atoms with van der Waals surface area (Å²) >= 11 is 0. The SMILES string of the molecule is CCC(NC(=O)c1cn(CC(=O)N(CC)CC)nn1)c1ccc(C)cc1. The highest BCUT2D eigenvalue weighted by Crippen LogP contribution is 2.17. The Morgan fingerprint density at radius 3 is 2.38 bits per heavy atom. The second kappa shape index (κ2) is 9.12. The number of benzene rings is 1. The van der Waals surface area contributed by atoms with Crippen molar-refractivity contribution < 1.29 is 9.59 Å². The van der Waals surface area contributed by atoms with Crippen LogP contribution in [0.4, 0.5) is 0 Å². The van der Waals surface area contributed by atoms with Crippen LogP contribution in [0.25, 0.3) is 0 Å². The number of hydrogen-bond acceptors (Lipinski definition) is 4. The molecule has 1 aromatic carbocycles. The first-order valence-corrected chi connectivity index (χ1v) is 9.03. The summed E-state index contributed by atoms with van der Waals surface area (Å²) in [5.74, 6) is -0.336. The Hall–Kier alpha value is -2.70. The van der Waals surface area contributed by atoms with Crippen molar-refractivity contribution in [2.45, 2.75) is 46.7 Å². The lowest BCUT2D eigenvalue weighted by Gasteiger charge is -2.18. The minimum absolute atomic E-state index is 0.0436. The fraction of sp³-hybridized carbons (Fsp3) is 0.474. The minimum Gasteiger partial charge on any atom is -0.344 e. The van der Waals surface area contributed by atoms with Gasteiger partial charge in [-0.15, -0.1) is 5.10 Å². The molecule has 0 aliphatic heterocycles. The van der Waals surface area contributed by atoms with Crippen molar-refractivity contribution >= 4 is 11.8 Å². The molecule has 0 fully saturated rings. The van der Waals surface area contributed by atoms with Crippen LogP contribution in [-0.2, 0) is 11.3 Å². The van der Waals surface area contributed by atoms with Crippen LogP contribution in [-0.4, -0.2) is 44.8 Å². The number of nitrogens with one attached hydrogen (secondary N) is 1. The summed E-state index contributed by atoms with van der Waals surface area (Å²) in [6.07, 6.45) is 2.28. The fourth-order valence-electron chi connectivity index (χ4n) is 2.75. The predicted molar refractivity (Wildman–Crippen MR) is 99.6 cm³/mol. The van der Waals surface area contributed by atoms with Crippen molar-refractivity contribution in [1.82, 2.24) is 25.2 Å². The Bertz CT molecular complexity index is 735. The van der Waals surface area contributed by atoms with Crippen LogP contribution in [0.3, 0.4) is 0 Å². The largest absolute Gasteiger partial charge is 0.344 e. The topological polar surface area (TPSA) is 80.1 Å². The van der Waals surface area contributed by atoms with E-state index < -0.39 is 0 Å². The van der Waals surface area contributed by atoms with Crippen LogP contribution in [0.2, 0.25) is 0 Å². The first kappa shape index (κ1) is 19.6. The van der Waals surface area contributed by atoms with E-state index in [1.807, 2.05) is 52.0 Å². The van der Waals surface area contributed by atoms with E-state index in [9.17, 15) is 9.59 Å². The summed E-state index contributed by atoms with van der Waals surface area (Å²) in [4.78, 5) is 26.3. The van der Waals surface area contributed by atoms with E-state index >= 15 is 0 Å². The zero-order valence-corrected chi connectivity index (χ0v) is 15.9. The molecule has 0 saturated carbocycles. The summed E-state index contributed by atoms with van der Waals surface area (Å²) < 4.78 is 1.41. The zero-order chi connectivity index (χ0) is 19.1. The lowest BCUT2D eigenvalue weighted by atomic mass is 10.0. The third-order valence-electron chi connectivity index (χ3n) is 4.38. The second-order valence-corrected chi connectivity index (χ2v) is 6.21. The Kier molecular flexibility index (Phi) is 6.89. The van der Waals surface area contributed by atoms with Gasteiger partial charge in [0.05, 0.1) is 12.2 Å². The van der Waals surface area contributed by atoms with Crippen molar-refractivity contribution in [3.05, 3.63) is 47.3 Å². The van der Waals surface area contributed by atoms with Crippen molar-refractivity contribution in [2.75, 3.05) is 13.1 Å². The van der Waals surface area contributed by atoms with Gasteiger partial charge in [-0.05, 0) is 32.8 Å². The normalized spacial score (nSPS) is 11.8. The van der Waals surface area contributed by atoms with Gasteiger partial charge in [-0.2, -0.15) is 0 Å². The van der Waals surface area contributed by atoms with Gasteiger partial charge < -0.3 is 10.2 Å². The van der Waals surface area contributed by atoms with Crippen molar-refractivity contribution in [2.24, 2.45) is 0 Å². The molecule has 0 aliphatic carbocycles. The van der Waals surface area contributed by atoms with E-state index in [4.69, 9.17) is 0 Å². The molecule has 0 aliphatic rings. The molecule has 1 N–H and O–H groups in total. The molecular formula is C19H27N5O2. The van der Waals surface area contributed by atoms with Gasteiger partial charge in [0.25, 0.3) is 5.91 Å². The van der Waals surface area contributed by atoms with E-state index in [2.05, 4.69) is 15.6 Å². The predicted octanol–water partition coefficient (Wildman–Crippen LogP) is 2.34. The lowest BCUT2D eigenvalue weighted by Crippen LogP contribution is -2.33. The molecule has 1 unspecified atom stereocenters. The van der Waals surface area contributed by atoms with Gasteiger partial charge in [0.15, 0.2) is 5.69 Å². The molecule has 140 valence electrons. The molecule has 2 amide bonds. The number of likely N-dealkylation sites (N-methyl/N-ethyl adjacent to an activating group) is 1. The number of carbonyl (C=O) groups excluding carboxylic acids is 2. The van der Waals surface area contributed by atoms with Crippen molar-refractivity contribution in [1.29, 1.82) is 0 Å². The molecular weight excluding hydrogens is 330 g/mol. The van der Waals surface area contributed by atoms with E-state index in [1.54, 1.807) is 4.90 Å². The first-order chi connectivity index (χ1) is 12.5. The van der Waals surface area contributed by atoms with Gasteiger partial charge in [0.2, 0.25) is 5.91 Å². The molecule has 26 heavy (non-hydrogen) atoms. The maximum Gasteiger partial charge on any atom is 0.273 e. The van der Waals surface area contributed by atoms with Gasteiger partial charge >= 0.3 is 0 Å². The van der Waals surface area contributed by atoms with Gasteiger partial charge in [-0.25, -0.2) is 4.68 Å². The molecule has 1 aromatic heterocycles. The van der Waals surface area contributed by atoms with Crippen LogP contribution in [0.1, 0.15) is 54.8 Å². The average Bonchev–Trinajstić information content (AvgIpc) is 3.10. The summed E-state index contributed by atoms with van der Waals surface area (Å²) in [6, 6.07) is 8.00. The number of hydrogen-bond donors (Lipinski definition) is 1. The molecule has 0 saturated heterocycles. The van der Waals surface area contributed by atoms with Gasteiger partial charge in [-0.3, -0.25) is 9.59 Å². The van der Waals surface area contributed by atoms with Gasteiger partial charge in [0.1, 0.15) is 6.54 Å². The van der Waals surface area contributed by atoms with E-state index in [0.717, 1.165) is 12.0 Å². The highest BCUT2D eigenvalue weighted by atomic mass is 16.2. The molecule has 0 radical (unpaired) electrons. The van der Waals surface area contributed by atoms with Crippen LogP contribution in [0.15, 0.2) is 30.5 Å². The Morgan fingerprint density at radius 2 is 1.81 bits per heavy atom. The molecule has 0 bridgehead atoms. The third-order valence-corrected chi connectivity index (χ3v) is 4.38. The maximum atomic E-state index is 12.5. The standard InChI is InChI=1S/C19H27N5O2/c1-5-16(15-10-8-14(4)9-11-15)20-19(26)17-12-24(22-21-17)13-18(25)23(6-2)7-3/h8-12,16H,5-7,13H2,1-4H3,(H,20,26). The smallest absolute Gasteiger partial charge is 0.273 e. The van der Waals surface area contributed by atoms with Crippen molar-refractivity contribution in [3.8, 4) is 0 Å². The van der Waals surface area contributed by atoms with Gasteiger partial charge in [0, 0.05) is 13.1 Å². The summed E-state index contributed by atoms with van der Waals surface area (Å²) in [7, 11) is 0. The minimum atomic E-state index is -0.293. The van der Waals surface area contributed by atoms with Crippen LogP contribution < -0.4 is 5.32 Å². The average molecular weight is 357 g/mol. The van der Waals surface area contributed by atoms with E-state index in [-0.39, 0.29) is 30.1 Å². The zero-order valence-electron chi connectivity index (χ0n) is 15.9. The van der Waals surface area contributed by atoms with E-state index in [0.29, 0.717) is 13.1 Å². The maximum absolute atomic E-state index is 12.5. The fourth-order valence-corrected chi connectivity index (χ4v) is 2.75. The molecule has 7 heteroatoms. The molecule has 1 heterocycles. The molecule has 2 rings (SSSR count). The Balaban J connectivity index is 2.02. The van der Waals surface area contributed by atoms with Crippen LogP contribution in [0, 0.1) is 6.92 Å². The summed E-state index contributed by atoms with van der Waals surface area (Å²) in [5.41, 5.74) is 2.44. The quantitative estimate of drug-likeness (QED) is 0.786. The number of nitrogens with zero attached hydrogens (tertiary/aromatic N) is 4. The van der Waals surface area contributed by atoms with Crippen molar-refractivity contribution in [3.63, 3.8) is 0 Å². The number of rotatable bonds is 8.